The van der Waals surface area contributed by atoms with Gasteiger partial charge in [-0.3, -0.25) is 9.80 Å². The summed E-state index contributed by atoms with van der Waals surface area (Å²) in [5.74, 6) is 0. The predicted octanol–water partition coefficient (Wildman–Crippen LogP) is -0.0822. The van der Waals surface area contributed by atoms with Crippen molar-refractivity contribution in [3.63, 3.8) is 0 Å². The van der Waals surface area contributed by atoms with Crippen LogP contribution < -0.4 is 0 Å². The number of morpholine rings is 2. The first kappa shape index (κ1) is 16.6. The zero-order chi connectivity index (χ0) is 16.7. The number of hydrogen-bond donors (Lipinski definition) is 0. The van der Waals surface area contributed by atoms with Crippen molar-refractivity contribution in [2.75, 3.05) is 72.2 Å². The van der Waals surface area contributed by atoms with Gasteiger partial charge in [0, 0.05) is 57.9 Å². The summed E-state index contributed by atoms with van der Waals surface area (Å²) in [6.07, 6.45) is 0. The molecule has 0 aromatic rings. The molecule has 4 rings (SSSR count). The second-order valence-corrected chi connectivity index (χ2v) is 7.91. The van der Waals surface area contributed by atoms with Crippen LogP contribution in [-0.4, -0.2) is 115 Å². The van der Waals surface area contributed by atoms with Crippen LogP contribution in [0.4, 0.5) is 4.79 Å². The van der Waals surface area contributed by atoms with Crippen LogP contribution in [0.25, 0.3) is 0 Å². The molecule has 0 radical (unpaired) electrons. The van der Waals surface area contributed by atoms with Crippen LogP contribution in [0.3, 0.4) is 0 Å². The molecule has 0 aromatic carbocycles. The van der Waals surface area contributed by atoms with Crippen LogP contribution in [0.5, 0.6) is 0 Å². The molecule has 7 nitrogen and oxygen atoms in total. The molecule has 4 aliphatic rings. The van der Waals surface area contributed by atoms with E-state index in [1.807, 2.05) is 9.80 Å². The van der Waals surface area contributed by atoms with Crippen molar-refractivity contribution >= 4 is 6.03 Å². The molecule has 1 unspecified atom stereocenters. The summed E-state index contributed by atoms with van der Waals surface area (Å²) in [6, 6.07) is 1.20. The van der Waals surface area contributed by atoms with Gasteiger partial charge < -0.3 is 19.3 Å². The summed E-state index contributed by atoms with van der Waals surface area (Å²) >= 11 is 0. The lowest BCUT2D eigenvalue weighted by molar-refractivity contribution is -0.161. The van der Waals surface area contributed by atoms with Gasteiger partial charge in [-0.25, -0.2) is 4.79 Å². The lowest BCUT2D eigenvalue weighted by Gasteiger charge is -2.64. The number of fused-ring (bicyclic) bond motifs is 2. The van der Waals surface area contributed by atoms with E-state index in [4.69, 9.17) is 9.47 Å². The number of ether oxygens (including phenoxy) is 2. The van der Waals surface area contributed by atoms with Crippen molar-refractivity contribution in [3.05, 3.63) is 0 Å². The number of piperazine rings is 1. The van der Waals surface area contributed by atoms with Gasteiger partial charge in [-0.15, -0.1) is 0 Å². The molecule has 1 spiro atoms. The van der Waals surface area contributed by atoms with Crippen molar-refractivity contribution in [2.45, 2.75) is 31.5 Å². The molecule has 0 aromatic heterocycles. The molecule has 7 heteroatoms. The highest BCUT2D eigenvalue weighted by Gasteiger charge is 2.56. The molecular formula is C17H30N4O3. The Labute approximate surface area is 144 Å². The Kier molecular flexibility index (Phi) is 4.45. The van der Waals surface area contributed by atoms with Crippen molar-refractivity contribution < 1.29 is 14.3 Å². The molecule has 0 aliphatic carbocycles. The third-order valence-electron chi connectivity index (χ3n) is 6.03. The predicted molar refractivity (Wildman–Crippen MR) is 90.1 cm³/mol. The van der Waals surface area contributed by atoms with E-state index in [0.29, 0.717) is 25.3 Å². The monoisotopic (exact) mass is 338 g/mol. The van der Waals surface area contributed by atoms with E-state index in [-0.39, 0.29) is 11.6 Å². The summed E-state index contributed by atoms with van der Waals surface area (Å²) in [5.41, 5.74) is 0.124. The number of carbonyl (C=O) groups is 1. The Balaban J connectivity index is 1.44. The number of likely N-dealkylation sites (tertiary alicyclic amines) is 1. The molecular weight excluding hydrogens is 308 g/mol. The average molecular weight is 338 g/mol. The number of rotatable bonds is 1. The Bertz CT molecular complexity index is 474. The van der Waals surface area contributed by atoms with Gasteiger partial charge in [-0.1, -0.05) is 0 Å². The minimum atomic E-state index is 0.124. The van der Waals surface area contributed by atoms with Gasteiger partial charge in [0.1, 0.15) is 0 Å². The largest absolute Gasteiger partial charge is 0.378 e. The molecule has 24 heavy (non-hydrogen) atoms. The third-order valence-corrected chi connectivity index (χ3v) is 6.03. The standard InChI is InChI=1S/C17H30N4O3/c1-14(2)19-9-15-10-24-8-5-21(15)17(11-19)12-20(13-17)16(22)18-3-6-23-7-4-18/h14-15H,3-13H2,1-2H3. The fraction of sp³-hybridized carbons (Fsp3) is 0.941. The SMILES string of the molecule is CC(C)N1CC2COCCN2C2(CN(C(=O)N3CCOCC3)C2)C1. The first-order valence-electron chi connectivity index (χ1n) is 9.29. The first-order chi connectivity index (χ1) is 11.6. The Morgan fingerprint density at radius 3 is 2.42 bits per heavy atom. The molecule has 2 amide bonds. The zero-order valence-corrected chi connectivity index (χ0v) is 14.9. The second-order valence-electron chi connectivity index (χ2n) is 7.91. The van der Waals surface area contributed by atoms with E-state index in [1.165, 1.54) is 0 Å². The van der Waals surface area contributed by atoms with Crippen LogP contribution in [0, 0.1) is 0 Å². The van der Waals surface area contributed by atoms with Gasteiger partial charge in [0.15, 0.2) is 0 Å². The van der Waals surface area contributed by atoms with Gasteiger partial charge in [0.25, 0.3) is 0 Å². The fourth-order valence-electron chi connectivity index (χ4n) is 4.66. The normalized spacial score (nSPS) is 31.2. The van der Waals surface area contributed by atoms with E-state index < -0.39 is 0 Å². The van der Waals surface area contributed by atoms with E-state index >= 15 is 0 Å². The molecule has 0 N–H and O–H groups in total. The van der Waals surface area contributed by atoms with Gasteiger partial charge in [-0.2, -0.15) is 0 Å². The Morgan fingerprint density at radius 2 is 1.71 bits per heavy atom. The molecule has 4 aliphatic heterocycles. The molecule has 4 heterocycles. The second kappa shape index (κ2) is 6.44. The van der Waals surface area contributed by atoms with Crippen molar-refractivity contribution in [1.29, 1.82) is 0 Å². The number of hydrogen-bond acceptors (Lipinski definition) is 5. The van der Waals surface area contributed by atoms with Gasteiger partial charge >= 0.3 is 6.03 Å². The highest BCUT2D eigenvalue weighted by atomic mass is 16.5. The molecule has 4 fully saturated rings. The quantitative estimate of drug-likeness (QED) is 0.669. The van der Waals surface area contributed by atoms with Crippen LogP contribution >= 0.6 is 0 Å². The van der Waals surface area contributed by atoms with Gasteiger partial charge in [0.2, 0.25) is 0 Å². The number of carbonyl (C=O) groups excluding carboxylic acids is 1. The van der Waals surface area contributed by atoms with Crippen LogP contribution in [-0.2, 0) is 9.47 Å². The molecule has 136 valence electrons. The highest BCUT2D eigenvalue weighted by Crippen LogP contribution is 2.36. The fourth-order valence-corrected chi connectivity index (χ4v) is 4.66. The summed E-state index contributed by atoms with van der Waals surface area (Å²) in [5, 5.41) is 0. The summed E-state index contributed by atoms with van der Waals surface area (Å²) < 4.78 is 11.1. The molecule has 0 saturated carbocycles. The lowest BCUT2D eigenvalue weighted by Crippen LogP contribution is -2.82. The van der Waals surface area contributed by atoms with E-state index in [1.54, 1.807) is 0 Å². The van der Waals surface area contributed by atoms with Crippen molar-refractivity contribution in [1.82, 2.24) is 19.6 Å². The van der Waals surface area contributed by atoms with Crippen molar-refractivity contribution in [3.8, 4) is 0 Å². The molecule has 1 atom stereocenters. The number of urea groups is 1. The Morgan fingerprint density at radius 1 is 1.00 bits per heavy atom. The number of nitrogens with zero attached hydrogens (tertiary/aromatic N) is 4. The highest BCUT2D eigenvalue weighted by molar-refractivity contribution is 5.76. The maximum atomic E-state index is 12.7. The first-order valence-corrected chi connectivity index (χ1v) is 9.29. The lowest BCUT2D eigenvalue weighted by atomic mass is 9.82. The van der Waals surface area contributed by atoms with E-state index in [0.717, 1.165) is 59.0 Å². The third kappa shape index (κ3) is 2.81. The number of amides is 2. The Hall–Kier alpha value is -0.890. The summed E-state index contributed by atoms with van der Waals surface area (Å²) in [7, 11) is 0. The average Bonchev–Trinajstić information content (AvgIpc) is 2.58. The van der Waals surface area contributed by atoms with Crippen LogP contribution in [0.1, 0.15) is 13.8 Å². The van der Waals surface area contributed by atoms with E-state index in [2.05, 4.69) is 23.6 Å². The smallest absolute Gasteiger partial charge is 0.320 e. The van der Waals surface area contributed by atoms with Gasteiger partial charge in [-0.05, 0) is 13.8 Å². The van der Waals surface area contributed by atoms with Crippen molar-refractivity contribution in [2.24, 2.45) is 0 Å². The maximum absolute atomic E-state index is 12.7. The van der Waals surface area contributed by atoms with Gasteiger partial charge in [0.05, 0.1) is 32.0 Å². The van der Waals surface area contributed by atoms with E-state index in [9.17, 15) is 4.79 Å². The zero-order valence-electron chi connectivity index (χ0n) is 14.9. The summed E-state index contributed by atoms with van der Waals surface area (Å²) in [4.78, 5) is 21.9. The maximum Gasteiger partial charge on any atom is 0.320 e. The topological polar surface area (TPSA) is 48.5 Å². The summed E-state index contributed by atoms with van der Waals surface area (Å²) in [6.45, 7) is 13.8. The minimum Gasteiger partial charge on any atom is -0.378 e. The molecule has 0 bridgehead atoms. The van der Waals surface area contributed by atoms with Crippen LogP contribution in [0.2, 0.25) is 0 Å². The van der Waals surface area contributed by atoms with Crippen LogP contribution in [0.15, 0.2) is 0 Å². The minimum absolute atomic E-state index is 0.124. The molecule has 4 saturated heterocycles.